The van der Waals surface area contributed by atoms with Gasteiger partial charge >= 0.3 is 0 Å². The van der Waals surface area contributed by atoms with Gasteiger partial charge in [0.25, 0.3) is 0 Å². The highest BCUT2D eigenvalue weighted by Crippen LogP contribution is 2.24. The fourth-order valence-electron chi connectivity index (χ4n) is 1.94. The Balaban J connectivity index is 2.51. The lowest BCUT2D eigenvalue weighted by Crippen LogP contribution is -2.04. The van der Waals surface area contributed by atoms with Gasteiger partial charge in [-0.1, -0.05) is 47.5 Å². The van der Waals surface area contributed by atoms with Crippen LogP contribution in [0.4, 0.5) is 0 Å². The van der Waals surface area contributed by atoms with E-state index in [0.29, 0.717) is 17.0 Å². The number of hydrogen-bond acceptors (Lipinski definition) is 3. The quantitative estimate of drug-likeness (QED) is 0.817. The first-order chi connectivity index (χ1) is 8.88. The molecule has 2 aromatic carbocycles. The second-order valence-corrected chi connectivity index (χ2v) is 6.09. The van der Waals surface area contributed by atoms with E-state index in [1.54, 1.807) is 24.3 Å². The molecule has 0 N–H and O–H groups in total. The van der Waals surface area contributed by atoms with Gasteiger partial charge in [0.2, 0.25) is 0 Å². The molecule has 0 amide bonds. The van der Waals surface area contributed by atoms with E-state index in [9.17, 15) is 13.0 Å². The molecule has 5 heteroatoms. The summed E-state index contributed by atoms with van der Waals surface area (Å²) >= 11 is 6.05. The molecule has 0 heterocycles. The van der Waals surface area contributed by atoms with Crippen LogP contribution < -0.4 is 0 Å². The molecule has 2 aromatic rings. The molecule has 0 aromatic heterocycles. The summed E-state index contributed by atoms with van der Waals surface area (Å²) in [5, 5.41) is 0.554. The molecule has 3 nitrogen and oxygen atoms in total. The first-order valence-electron chi connectivity index (χ1n) is 5.67. The highest BCUT2D eigenvalue weighted by molar-refractivity contribution is 7.85. The minimum absolute atomic E-state index is 0.182. The SMILES string of the molecule is Cc1ccc(S(=O)(=O)[O-])c(Cc2ccccc2Cl)c1. The third-order valence-corrected chi connectivity index (χ3v) is 4.13. The average Bonchev–Trinajstić information content (AvgIpc) is 2.30. The van der Waals surface area contributed by atoms with Gasteiger partial charge < -0.3 is 4.55 Å². The molecular formula is C14H12ClO3S-. The molecule has 100 valence electrons. The van der Waals surface area contributed by atoms with Gasteiger partial charge in [-0.2, -0.15) is 0 Å². The Morgan fingerprint density at radius 2 is 1.79 bits per heavy atom. The van der Waals surface area contributed by atoms with E-state index in [4.69, 9.17) is 11.6 Å². The van der Waals surface area contributed by atoms with Crippen molar-refractivity contribution in [1.29, 1.82) is 0 Å². The van der Waals surface area contributed by atoms with Crippen LogP contribution in [0.2, 0.25) is 5.02 Å². The van der Waals surface area contributed by atoms with Crippen LogP contribution in [0.5, 0.6) is 0 Å². The summed E-state index contributed by atoms with van der Waals surface area (Å²) in [6, 6.07) is 11.8. The van der Waals surface area contributed by atoms with Crippen molar-refractivity contribution in [2.75, 3.05) is 0 Å². The topological polar surface area (TPSA) is 57.2 Å². The van der Waals surface area contributed by atoms with Crippen LogP contribution in [-0.2, 0) is 16.5 Å². The minimum atomic E-state index is -4.48. The van der Waals surface area contributed by atoms with Crippen molar-refractivity contribution in [3.05, 3.63) is 64.2 Å². The lowest BCUT2D eigenvalue weighted by Gasteiger charge is -2.14. The Kier molecular flexibility index (Phi) is 3.94. The molecule has 0 aliphatic rings. The third kappa shape index (κ3) is 3.35. The van der Waals surface area contributed by atoms with Gasteiger partial charge in [0.15, 0.2) is 0 Å². The van der Waals surface area contributed by atoms with Crippen molar-refractivity contribution in [3.8, 4) is 0 Å². The van der Waals surface area contributed by atoms with Crippen molar-refractivity contribution >= 4 is 21.7 Å². The summed E-state index contributed by atoms with van der Waals surface area (Å²) < 4.78 is 33.8. The highest BCUT2D eigenvalue weighted by Gasteiger charge is 2.11. The maximum atomic E-state index is 11.3. The van der Waals surface area contributed by atoms with Crippen LogP contribution in [-0.4, -0.2) is 13.0 Å². The molecule has 0 radical (unpaired) electrons. The lowest BCUT2D eigenvalue weighted by molar-refractivity contribution is 0.462. The molecule has 0 aliphatic carbocycles. The molecule has 0 atom stereocenters. The maximum Gasteiger partial charge on any atom is 0.124 e. The van der Waals surface area contributed by atoms with Crippen molar-refractivity contribution in [2.24, 2.45) is 0 Å². The number of hydrogen-bond donors (Lipinski definition) is 0. The fourth-order valence-corrected chi connectivity index (χ4v) is 2.83. The van der Waals surface area contributed by atoms with E-state index >= 15 is 0 Å². The highest BCUT2D eigenvalue weighted by atomic mass is 35.5. The Hall–Kier alpha value is -1.36. The Morgan fingerprint density at radius 3 is 2.42 bits per heavy atom. The molecule has 0 saturated heterocycles. The summed E-state index contributed by atoms with van der Waals surface area (Å²) in [4.78, 5) is -0.182. The third-order valence-electron chi connectivity index (χ3n) is 2.82. The van der Waals surface area contributed by atoms with Gasteiger partial charge in [-0.3, -0.25) is 0 Å². The van der Waals surface area contributed by atoms with E-state index < -0.39 is 10.1 Å². The van der Waals surface area contributed by atoms with Gasteiger partial charge in [-0.15, -0.1) is 0 Å². The molecule has 0 saturated carbocycles. The predicted octanol–water partition coefficient (Wildman–Crippen LogP) is 3.14. The summed E-state index contributed by atoms with van der Waals surface area (Å²) in [7, 11) is -4.48. The molecular weight excluding hydrogens is 284 g/mol. The first kappa shape index (κ1) is 14.1. The lowest BCUT2D eigenvalue weighted by atomic mass is 10.0. The second-order valence-electron chi connectivity index (χ2n) is 4.33. The van der Waals surface area contributed by atoms with Crippen molar-refractivity contribution in [3.63, 3.8) is 0 Å². The first-order valence-corrected chi connectivity index (χ1v) is 7.45. The minimum Gasteiger partial charge on any atom is -0.744 e. The monoisotopic (exact) mass is 295 g/mol. The van der Waals surface area contributed by atoms with E-state index in [1.807, 2.05) is 19.1 Å². The number of halogens is 1. The zero-order valence-corrected chi connectivity index (χ0v) is 11.8. The molecule has 0 fully saturated rings. The molecule has 0 spiro atoms. The van der Waals surface area contributed by atoms with E-state index in [1.165, 1.54) is 6.07 Å². The van der Waals surface area contributed by atoms with Crippen molar-refractivity contribution in [2.45, 2.75) is 18.2 Å². The Bertz CT molecular complexity index is 708. The molecule has 2 rings (SSSR count). The maximum absolute atomic E-state index is 11.3. The molecule has 0 bridgehead atoms. The van der Waals surface area contributed by atoms with Crippen molar-refractivity contribution < 1.29 is 13.0 Å². The Labute approximate surface area is 117 Å². The van der Waals surface area contributed by atoms with E-state index in [-0.39, 0.29) is 4.90 Å². The number of rotatable bonds is 3. The summed E-state index contributed by atoms with van der Waals surface area (Å²) in [6.07, 6.45) is 0.318. The summed E-state index contributed by atoms with van der Waals surface area (Å²) in [5.74, 6) is 0. The molecule has 0 unspecified atom stereocenters. The smallest absolute Gasteiger partial charge is 0.124 e. The summed E-state index contributed by atoms with van der Waals surface area (Å²) in [6.45, 7) is 1.84. The van der Waals surface area contributed by atoms with Crippen LogP contribution in [0, 0.1) is 6.92 Å². The van der Waals surface area contributed by atoms with Crippen LogP contribution in [0.15, 0.2) is 47.4 Å². The van der Waals surface area contributed by atoms with Crippen LogP contribution in [0.25, 0.3) is 0 Å². The Morgan fingerprint density at radius 1 is 1.11 bits per heavy atom. The van der Waals surface area contributed by atoms with E-state index in [2.05, 4.69) is 0 Å². The summed E-state index contributed by atoms with van der Waals surface area (Å²) in [5.41, 5.74) is 2.16. The fraction of sp³-hybridized carbons (Fsp3) is 0.143. The second kappa shape index (κ2) is 5.33. The number of aryl methyl sites for hydroxylation is 1. The van der Waals surface area contributed by atoms with Gasteiger partial charge in [0, 0.05) is 11.4 Å². The van der Waals surface area contributed by atoms with Gasteiger partial charge in [-0.05, 0) is 30.2 Å². The van der Waals surface area contributed by atoms with Gasteiger partial charge in [0.1, 0.15) is 10.1 Å². The van der Waals surface area contributed by atoms with Gasteiger partial charge in [0.05, 0.1) is 4.90 Å². The normalized spacial score (nSPS) is 11.5. The molecule has 19 heavy (non-hydrogen) atoms. The molecule has 0 aliphatic heterocycles. The van der Waals surface area contributed by atoms with E-state index in [0.717, 1.165) is 11.1 Å². The van der Waals surface area contributed by atoms with Gasteiger partial charge in [-0.25, -0.2) is 8.42 Å². The van der Waals surface area contributed by atoms with Crippen molar-refractivity contribution in [1.82, 2.24) is 0 Å². The van der Waals surface area contributed by atoms with Crippen LogP contribution >= 0.6 is 11.6 Å². The zero-order chi connectivity index (χ0) is 14.0. The average molecular weight is 296 g/mol. The predicted molar refractivity (Wildman–Crippen MR) is 73.4 cm³/mol. The zero-order valence-electron chi connectivity index (χ0n) is 10.3. The number of benzene rings is 2. The van der Waals surface area contributed by atoms with Crippen LogP contribution in [0.3, 0.4) is 0 Å². The largest absolute Gasteiger partial charge is 0.744 e. The standard InChI is InChI=1S/C14H13ClO3S/c1-10-6-7-14(19(16,17)18)12(8-10)9-11-4-2-3-5-13(11)15/h2-8H,9H2,1H3,(H,16,17,18)/p-1. The van der Waals surface area contributed by atoms with Crippen LogP contribution in [0.1, 0.15) is 16.7 Å².